The molecule has 1 heteroatoms. The smallest absolute Gasteiger partial charge is 0.155 e. The molecule has 0 atom stereocenters. The second-order valence-electron chi connectivity index (χ2n) is 4.30. The minimum Gasteiger partial charge on any atom is -0.295 e. The number of rotatable bonds is 3. The highest BCUT2D eigenvalue weighted by atomic mass is 16.1. The van der Waals surface area contributed by atoms with Gasteiger partial charge in [-0.2, -0.15) is 0 Å². The third-order valence-electron chi connectivity index (χ3n) is 1.61. The molecule has 0 bridgehead atoms. The van der Waals surface area contributed by atoms with Crippen molar-refractivity contribution in [3.05, 3.63) is 42.0 Å². The van der Waals surface area contributed by atoms with Crippen molar-refractivity contribution in [3.8, 4) is 0 Å². The quantitative estimate of drug-likeness (QED) is 0.690. The van der Waals surface area contributed by atoms with Crippen molar-refractivity contribution in [2.24, 2.45) is 5.92 Å². The third kappa shape index (κ3) is 9.20. The van der Waals surface area contributed by atoms with E-state index < -0.39 is 0 Å². The van der Waals surface area contributed by atoms with E-state index in [2.05, 4.69) is 20.8 Å². The van der Waals surface area contributed by atoms with Crippen LogP contribution >= 0.6 is 0 Å². The molecule has 1 aromatic rings. The third-order valence-corrected chi connectivity index (χ3v) is 1.61. The summed E-state index contributed by atoms with van der Waals surface area (Å²) in [5.41, 5.74) is 1.07. The van der Waals surface area contributed by atoms with Crippen LogP contribution in [0.5, 0.6) is 0 Å². The Labute approximate surface area is 99.2 Å². The highest BCUT2D eigenvalue weighted by Gasteiger charge is 1.88. The number of hydrogen-bond donors (Lipinski definition) is 0. The maximum Gasteiger partial charge on any atom is 0.155 e. The van der Waals surface area contributed by atoms with E-state index in [1.165, 1.54) is 0 Å². The van der Waals surface area contributed by atoms with Crippen LogP contribution in [0.25, 0.3) is 6.08 Å². The minimum absolute atomic E-state index is 0.166. The molecule has 1 nitrogen and oxygen atoms in total. The zero-order valence-electron chi connectivity index (χ0n) is 10.7. The lowest BCUT2D eigenvalue weighted by atomic mass is 10.2. The topological polar surface area (TPSA) is 17.1 Å². The average molecular weight is 218 g/mol. The van der Waals surface area contributed by atoms with Crippen LogP contribution in [0.1, 0.15) is 39.7 Å². The Morgan fingerprint density at radius 3 is 2.12 bits per heavy atom. The lowest BCUT2D eigenvalue weighted by Gasteiger charge is -1.89. The van der Waals surface area contributed by atoms with Crippen molar-refractivity contribution in [2.75, 3.05) is 0 Å². The average Bonchev–Trinajstić information content (AvgIpc) is 2.26. The first kappa shape index (κ1) is 14.6. The van der Waals surface area contributed by atoms with Crippen LogP contribution in [0.3, 0.4) is 0 Å². The first-order chi connectivity index (χ1) is 7.56. The summed E-state index contributed by atoms with van der Waals surface area (Å²) in [7, 11) is 0. The van der Waals surface area contributed by atoms with Gasteiger partial charge in [-0.25, -0.2) is 0 Å². The molecule has 1 rings (SSSR count). The van der Waals surface area contributed by atoms with E-state index in [1.54, 1.807) is 6.08 Å². The normalized spacial score (nSPS) is 10.1. The first-order valence-electron chi connectivity index (χ1n) is 5.82. The molecule has 0 aliphatic rings. The molecule has 0 unspecified atom stereocenters. The highest BCUT2D eigenvalue weighted by Crippen LogP contribution is 2.01. The SMILES string of the molecule is CC(C)C.CCC(=O)/C=C/c1ccccc1. The van der Waals surface area contributed by atoms with Gasteiger partial charge in [-0.3, -0.25) is 4.79 Å². The van der Waals surface area contributed by atoms with Crippen molar-refractivity contribution in [2.45, 2.75) is 34.1 Å². The Balaban J connectivity index is 0.000000487. The number of hydrogen-bond acceptors (Lipinski definition) is 1. The Hall–Kier alpha value is -1.37. The first-order valence-corrected chi connectivity index (χ1v) is 5.82. The molecule has 1 aromatic carbocycles. The highest BCUT2D eigenvalue weighted by molar-refractivity contribution is 5.93. The van der Waals surface area contributed by atoms with Crippen molar-refractivity contribution >= 4 is 11.9 Å². The van der Waals surface area contributed by atoms with Gasteiger partial charge in [-0.15, -0.1) is 0 Å². The number of ketones is 1. The predicted octanol–water partition coefficient (Wildman–Crippen LogP) is 4.34. The molecule has 0 saturated heterocycles. The Morgan fingerprint density at radius 2 is 1.69 bits per heavy atom. The number of carbonyl (C=O) groups excluding carboxylic acids is 1. The van der Waals surface area contributed by atoms with Crippen LogP contribution in [-0.2, 0) is 4.79 Å². The van der Waals surface area contributed by atoms with E-state index in [9.17, 15) is 4.79 Å². The van der Waals surface area contributed by atoms with Crippen molar-refractivity contribution in [1.82, 2.24) is 0 Å². The molecule has 0 fully saturated rings. The summed E-state index contributed by atoms with van der Waals surface area (Å²) in [6, 6.07) is 9.81. The maximum atomic E-state index is 10.9. The van der Waals surface area contributed by atoms with Gasteiger partial charge < -0.3 is 0 Å². The van der Waals surface area contributed by atoms with E-state index >= 15 is 0 Å². The lowest BCUT2D eigenvalue weighted by molar-refractivity contribution is -0.114. The second-order valence-corrected chi connectivity index (χ2v) is 4.30. The van der Waals surface area contributed by atoms with Gasteiger partial charge in [0.25, 0.3) is 0 Å². The molecule has 0 aromatic heterocycles. The van der Waals surface area contributed by atoms with E-state index in [0.29, 0.717) is 6.42 Å². The van der Waals surface area contributed by atoms with Crippen molar-refractivity contribution in [3.63, 3.8) is 0 Å². The summed E-state index contributed by atoms with van der Waals surface area (Å²) in [5, 5.41) is 0. The van der Waals surface area contributed by atoms with Gasteiger partial charge in [-0.05, 0) is 17.6 Å². The van der Waals surface area contributed by atoms with Gasteiger partial charge >= 0.3 is 0 Å². The Bertz CT molecular complexity index is 307. The molecular weight excluding hydrogens is 196 g/mol. The van der Waals surface area contributed by atoms with Gasteiger partial charge in [0.05, 0.1) is 0 Å². The molecule has 0 radical (unpaired) electrons. The van der Waals surface area contributed by atoms with Gasteiger partial charge in [-0.1, -0.05) is 64.1 Å². The zero-order chi connectivity index (χ0) is 12.4. The van der Waals surface area contributed by atoms with Crippen LogP contribution in [0.15, 0.2) is 36.4 Å². The fraction of sp³-hybridized carbons (Fsp3) is 0.400. The molecule has 0 N–H and O–H groups in total. The lowest BCUT2D eigenvalue weighted by Crippen LogP contribution is -1.86. The fourth-order valence-electron chi connectivity index (χ4n) is 0.871. The fourth-order valence-corrected chi connectivity index (χ4v) is 0.871. The van der Waals surface area contributed by atoms with Crippen LogP contribution < -0.4 is 0 Å². The summed E-state index contributed by atoms with van der Waals surface area (Å²) in [6.45, 7) is 8.36. The monoisotopic (exact) mass is 218 g/mol. The van der Waals surface area contributed by atoms with Crippen molar-refractivity contribution < 1.29 is 4.79 Å². The molecule has 0 spiro atoms. The van der Waals surface area contributed by atoms with Crippen LogP contribution in [-0.4, -0.2) is 5.78 Å². The zero-order valence-corrected chi connectivity index (χ0v) is 10.7. The predicted molar refractivity (Wildman–Crippen MR) is 71.3 cm³/mol. The van der Waals surface area contributed by atoms with Gasteiger partial charge in [0, 0.05) is 6.42 Å². The molecule has 0 aliphatic heterocycles. The summed E-state index contributed by atoms with van der Waals surface area (Å²) in [4.78, 5) is 10.9. The number of carbonyl (C=O) groups is 1. The van der Waals surface area contributed by atoms with Gasteiger partial charge in [0.15, 0.2) is 5.78 Å². The van der Waals surface area contributed by atoms with E-state index in [1.807, 2.05) is 43.3 Å². The molecule has 0 aliphatic carbocycles. The molecule has 88 valence electrons. The number of benzene rings is 1. The van der Waals surface area contributed by atoms with Crippen LogP contribution in [0, 0.1) is 5.92 Å². The Morgan fingerprint density at radius 1 is 1.19 bits per heavy atom. The van der Waals surface area contributed by atoms with E-state index in [4.69, 9.17) is 0 Å². The molecule has 0 heterocycles. The van der Waals surface area contributed by atoms with Crippen molar-refractivity contribution in [1.29, 1.82) is 0 Å². The molecule has 16 heavy (non-hydrogen) atoms. The molecule has 0 saturated carbocycles. The minimum atomic E-state index is 0.166. The Kier molecular flexibility index (Phi) is 8.14. The number of allylic oxidation sites excluding steroid dienone is 1. The largest absolute Gasteiger partial charge is 0.295 e. The van der Waals surface area contributed by atoms with Crippen LogP contribution in [0.2, 0.25) is 0 Å². The molecule has 0 amide bonds. The van der Waals surface area contributed by atoms with Crippen LogP contribution in [0.4, 0.5) is 0 Å². The standard InChI is InChI=1S/C11H12O.C4H10/c1-2-11(12)9-8-10-6-4-3-5-7-10;1-4(2)3/h3-9H,2H2,1H3;4H,1-3H3/b9-8+;. The summed E-state index contributed by atoms with van der Waals surface area (Å²) >= 11 is 0. The maximum absolute atomic E-state index is 10.9. The summed E-state index contributed by atoms with van der Waals surface area (Å²) < 4.78 is 0. The summed E-state index contributed by atoms with van der Waals surface area (Å²) in [5.74, 6) is 0.999. The van der Waals surface area contributed by atoms with E-state index in [0.717, 1.165) is 11.5 Å². The van der Waals surface area contributed by atoms with E-state index in [-0.39, 0.29) is 5.78 Å². The second kappa shape index (κ2) is 8.90. The van der Waals surface area contributed by atoms with Gasteiger partial charge in [0.2, 0.25) is 0 Å². The molecular formula is C15H22O. The van der Waals surface area contributed by atoms with Gasteiger partial charge in [0.1, 0.15) is 0 Å². The summed E-state index contributed by atoms with van der Waals surface area (Å²) in [6.07, 6.45) is 4.03.